The van der Waals surface area contributed by atoms with Gasteiger partial charge in [0.1, 0.15) is 5.70 Å². The predicted octanol–water partition coefficient (Wildman–Crippen LogP) is -0.0913. The van der Waals surface area contributed by atoms with Gasteiger partial charge >= 0.3 is 0 Å². The highest BCUT2D eigenvalue weighted by Crippen LogP contribution is 2.04. The molecule has 0 aliphatic carbocycles. The van der Waals surface area contributed by atoms with Crippen molar-refractivity contribution in [1.29, 1.82) is 0 Å². The largest absolute Gasteiger partial charge is 0.351 e. The highest BCUT2D eigenvalue weighted by molar-refractivity contribution is 6.07. The van der Waals surface area contributed by atoms with Crippen LogP contribution in [0.15, 0.2) is 23.2 Å². The van der Waals surface area contributed by atoms with Gasteiger partial charge < -0.3 is 10.3 Å². The van der Waals surface area contributed by atoms with E-state index in [-0.39, 0.29) is 5.91 Å². The van der Waals surface area contributed by atoms with Gasteiger partial charge in [-0.05, 0) is 6.08 Å². The number of imidazole rings is 1. The molecule has 0 bridgehead atoms. The van der Waals surface area contributed by atoms with Gasteiger partial charge in [-0.15, -0.1) is 0 Å². The van der Waals surface area contributed by atoms with Crippen LogP contribution in [0.25, 0.3) is 6.08 Å². The molecule has 1 amide bonds. The van der Waals surface area contributed by atoms with Crippen LogP contribution in [0.3, 0.4) is 0 Å². The Balaban J connectivity index is 2.26. The Morgan fingerprint density at radius 3 is 3.00 bits per heavy atom. The molecule has 0 fully saturated rings. The minimum atomic E-state index is -0.266. The molecule has 60 valence electrons. The molecule has 2 heterocycles. The van der Waals surface area contributed by atoms with Crippen molar-refractivity contribution in [3.63, 3.8) is 0 Å². The van der Waals surface area contributed by atoms with Crippen LogP contribution in [0, 0.1) is 0 Å². The van der Waals surface area contributed by atoms with E-state index in [0.717, 1.165) is 0 Å². The number of aromatic amines is 1. The van der Waals surface area contributed by atoms with Gasteiger partial charge in [-0.3, -0.25) is 4.79 Å². The second-order valence-electron chi connectivity index (χ2n) is 2.26. The number of hydrogen-bond acceptors (Lipinski definition) is 3. The molecule has 0 radical (unpaired) electrons. The van der Waals surface area contributed by atoms with E-state index < -0.39 is 0 Å². The maximum absolute atomic E-state index is 10.9. The number of amides is 1. The minimum Gasteiger partial charge on any atom is -0.351 e. The van der Waals surface area contributed by atoms with E-state index >= 15 is 0 Å². The molecule has 5 nitrogen and oxygen atoms in total. The fourth-order valence-electron chi connectivity index (χ4n) is 0.894. The molecule has 12 heavy (non-hydrogen) atoms. The lowest BCUT2D eigenvalue weighted by Gasteiger charge is -1.90. The first-order chi connectivity index (χ1) is 5.86. The van der Waals surface area contributed by atoms with Gasteiger partial charge in [0.2, 0.25) is 0 Å². The third kappa shape index (κ3) is 1.12. The number of aliphatic imine (C=N–C) groups is 1. The first-order valence-electron chi connectivity index (χ1n) is 3.40. The SMILES string of the molecule is O=C1N=CNC1=Cc1c[nH]cn1. The van der Waals surface area contributed by atoms with Gasteiger partial charge in [0.05, 0.1) is 18.4 Å². The average molecular weight is 162 g/mol. The molecular formula is C7H6N4O. The Kier molecular flexibility index (Phi) is 1.48. The van der Waals surface area contributed by atoms with Crippen LogP contribution in [-0.2, 0) is 4.79 Å². The molecule has 2 N–H and O–H groups in total. The van der Waals surface area contributed by atoms with Crippen molar-refractivity contribution >= 4 is 18.3 Å². The zero-order valence-electron chi connectivity index (χ0n) is 6.11. The number of rotatable bonds is 1. The van der Waals surface area contributed by atoms with E-state index in [2.05, 4.69) is 20.3 Å². The maximum Gasteiger partial charge on any atom is 0.294 e. The van der Waals surface area contributed by atoms with Gasteiger partial charge in [0.15, 0.2) is 0 Å². The monoisotopic (exact) mass is 162 g/mol. The van der Waals surface area contributed by atoms with Crippen LogP contribution in [0.4, 0.5) is 0 Å². The van der Waals surface area contributed by atoms with E-state index in [4.69, 9.17) is 0 Å². The van der Waals surface area contributed by atoms with Gasteiger partial charge in [-0.1, -0.05) is 0 Å². The van der Waals surface area contributed by atoms with E-state index in [0.29, 0.717) is 11.4 Å². The molecule has 1 aromatic rings. The van der Waals surface area contributed by atoms with Crippen molar-refractivity contribution in [1.82, 2.24) is 15.3 Å². The normalized spacial score (nSPS) is 18.7. The van der Waals surface area contributed by atoms with Crippen LogP contribution in [-0.4, -0.2) is 22.2 Å². The number of aromatic nitrogens is 2. The van der Waals surface area contributed by atoms with Gasteiger partial charge in [0.25, 0.3) is 5.91 Å². The van der Waals surface area contributed by atoms with Crippen LogP contribution in [0.1, 0.15) is 5.69 Å². The van der Waals surface area contributed by atoms with E-state index in [1.165, 1.54) is 6.34 Å². The highest BCUT2D eigenvalue weighted by Gasteiger charge is 2.11. The Morgan fingerprint density at radius 1 is 1.50 bits per heavy atom. The number of nitrogens with zero attached hydrogens (tertiary/aromatic N) is 2. The molecular weight excluding hydrogens is 156 g/mol. The van der Waals surface area contributed by atoms with E-state index in [9.17, 15) is 4.79 Å². The molecule has 2 rings (SSSR count). The summed E-state index contributed by atoms with van der Waals surface area (Å²) in [5, 5.41) is 2.71. The maximum atomic E-state index is 10.9. The summed E-state index contributed by atoms with van der Waals surface area (Å²) < 4.78 is 0. The predicted molar refractivity (Wildman–Crippen MR) is 43.2 cm³/mol. The summed E-state index contributed by atoms with van der Waals surface area (Å²) in [4.78, 5) is 21.2. The minimum absolute atomic E-state index is 0.266. The van der Waals surface area contributed by atoms with Crippen molar-refractivity contribution in [2.24, 2.45) is 4.99 Å². The van der Waals surface area contributed by atoms with Crippen LogP contribution in [0.5, 0.6) is 0 Å². The second-order valence-corrected chi connectivity index (χ2v) is 2.26. The first kappa shape index (κ1) is 6.78. The number of H-pyrrole nitrogens is 1. The van der Waals surface area contributed by atoms with Crippen LogP contribution < -0.4 is 5.32 Å². The van der Waals surface area contributed by atoms with Crippen LogP contribution in [0.2, 0.25) is 0 Å². The Morgan fingerprint density at radius 2 is 2.42 bits per heavy atom. The van der Waals surface area contributed by atoms with E-state index in [1.54, 1.807) is 18.6 Å². The molecule has 0 saturated heterocycles. The summed E-state index contributed by atoms with van der Waals surface area (Å²) in [5.41, 5.74) is 1.15. The fraction of sp³-hybridized carbons (Fsp3) is 0. The number of hydrogen-bond donors (Lipinski definition) is 2. The first-order valence-corrected chi connectivity index (χ1v) is 3.40. The van der Waals surface area contributed by atoms with Gasteiger partial charge in [-0.2, -0.15) is 4.99 Å². The van der Waals surface area contributed by atoms with Crippen molar-refractivity contribution in [3.8, 4) is 0 Å². The molecule has 1 aliphatic rings. The van der Waals surface area contributed by atoms with Gasteiger partial charge in [-0.25, -0.2) is 4.98 Å². The van der Waals surface area contributed by atoms with Crippen molar-refractivity contribution in [2.75, 3.05) is 0 Å². The third-order valence-corrected chi connectivity index (χ3v) is 1.44. The number of carbonyl (C=O) groups excluding carboxylic acids is 1. The smallest absolute Gasteiger partial charge is 0.294 e. The molecule has 5 heteroatoms. The number of nitrogens with one attached hydrogen (secondary N) is 2. The summed E-state index contributed by atoms with van der Waals surface area (Å²) in [7, 11) is 0. The zero-order chi connectivity index (χ0) is 8.39. The summed E-state index contributed by atoms with van der Waals surface area (Å²) in [6.07, 6.45) is 6.24. The Hall–Kier alpha value is -1.91. The molecule has 1 aliphatic heterocycles. The summed E-state index contributed by atoms with van der Waals surface area (Å²) in [5.74, 6) is -0.266. The quantitative estimate of drug-likeness (QED) is 0.567. The van der Waals surface area contributed by atoms with Crippen molar-refractivity contribution < 1.29 is 4.79 Å². The summed E-state index contributed by atoms with van der Waals surface area (Å²) >= 11 is 0. The van der Waals surface area contributed by atoms with Gasteiger partial charge in [0, 0.05) is 6.20 Å². The zero-order valence-corrected chi connectivity index (χ0v) is 6.11. The average Bonchev–Trinajstić information content (AvgIpc) is 2.65. The molecule has 0 atom stereocenters. The number of carbonyl (C=O) groups is 1. The summed E-state index contributed by atoms with van der Waals surface area (Å²) in [6.45, 7) is 0. The molecule has 0 unspecified atom stereocenters. The Bertz CT molecular complexity index is 349. The molecule has 0 saturated carbocycles. The molecule has 0 aromatic carbocycles. The molecule has 0 spiro atoms. The fourth-order valence-corrected chi connectivity index (χ4v) is 0.894. The highest BCUT2D eigenvalue weighted by atomic mass is 16.1. The standard InChI is InChI=1S/C7H6N4O/c12-7-6(10-4-11-7)1-5-2-8-3-9-5/h1-4H,(H,8,9)(H,10,11,12). The third-order valence-electron chi connectivity index (χ3n) is 1.44. The lowest BCUT2D eigenvalue weighted by molar-refractivity contribution is -0.114. The van der Waals surface area contributed by atoms with E-state index in [1.807, 2.05) is 0 Å². The lowest BCUT2D eigenvalue weighted by Crippen LogP contribution is -2.07. The molecule has 1 aromatic heterocycles. The van der Waals surface area contributed by atoms with Crippen LogP contribution >= 0.6 is 0 Å². The topological polar surface area (TPSA) is 70.1 Å². The Labute approximate surface area is 68.2 Å². The second kappa shape index (κ2) is 2.61. The summed E-state index contributed by atoms with van der Waals surface area (Å²) in [6, 6.07) is 0. The van der Waals surface area contributed by atoms with Crippen molar-refractivity contribution in [2.45, 2.75) is 0 Å². The van der Waals surface area contributed by atoms with Crippen molar-refractivity contribution in [3.05, 3.63) is 23.9 Å². The lowest BCUT2D eigenvalue weighted by atomic mass is 10.3.